The first kappa shape index (κ1) is 14.2. The van der Waals surface area contributed by atoms with Gasteiger partial charge in [0.1, 0.15) is 13.2 Å². The molecular weight excluding hydrogens is 322 g/mol. The van der Waals surface area contributed by atoms with Crippen molar-refractivity contribution >= 4 is 15.9 Å². The second kappa shape index (κ2) is 6.33. The summed E-state index contributed by atoms with van der Waals surface area (Å²) in [6, 6.07) is 4.16. The molecule has 0 spiro atoms. The van der Waals surface area contributed by atoms with E-state index in [2.05, 4.69) is 40.3 Å². The number of nitrogens with one attached hydrogen (secondary N) is 1. The first-order valence-corrected chi connectivity index (χ1v) is 8.00. The molecule has 3 rings (SSSR count). The highest BCUT2D eigenvalue weighted by Crippen LogP contribution is 2.43. The molecule has 110 valence electrons. The predicted octanol–water partition coefficient (Wildman–Crippen LogP) is 2.91. The maximum atomic E-state index is 5.94. The Balaban J connectivity index is 1.84. The van der Waals surface area contributed by atoms with E-state index in [1.165, 1.54) is 5.56 Å². The molecule has 5 heteroatoms. The van der Waals surface area contributed by atoms with Crippen LogP contribution in [0.2, 0.25) is 0 Å². The quantitative estimate of drug-likeness (QED) is 0.913. The molecular formula is C15H20BrNO3. The summed E-state index contributed by atoms with van der Waals surface area (Å²) in [5.41, 5.74) is 1.17. The van der Waals surface area contributed by atoms with Gasteiger partial charge in [-0.05, 0) is 46.6 Å². The third kappa shape index (κ3) is 2.80. The van der Waals surface area contributed by atoms with Gasteiger partial charge in [0.15, 0.2) is 11.5 Å². The Morgan fingerprint density at radius 1 is 1.25 bits per heavy atom. The van der Waals surface area contributed by atoms with Gasteiger partial charge < -0.3 is 19.5 Å². The van der Waals surface area contributed by atoms with Crippen LogP contribution in [0.4, 0.5) is 0 Å². The van der Waals surface area contributed by atoms with Crippen LogP contribution < -0.4 is 14.8 Å². The predicted molar refractivity (Wildman–Crippen MR) is 80.5 cm³/mol. The van der Waals surface area contributed by atoms with Crippen molar-refractivity contribution in [3.05, 3.63) is 22.2 Å². The number of benzene rings is 1. The molecule has 2 unspecified atom stereocenters. The zero-order valence-corrected chi connectivity index (χ0v) is 13.2. The Kier molecular flexibility index (Phi) is 4.48. The maximum absolute atomic E-state index is 5.94. The molecule has 1 fully saturated rings. The highest BCUT2D eigenvalue weighted by atomic mass is 79.9. The summed E-state index contributed by atoms with van der Waals surface area (Å²) in [5, 5.41) is 3.42. The van der Waals surface area contributed by atoms with Crippen LogP contribution in [0.25, 0.3) is 0 Å². The van der Waals surface area contributed by atoms with Crippen molar-refractivity contribution in [1.29, 1.82) is 0 Å². The lowest BCUT2D eigenvalue weighted by Crippen LogP contribution is -2.24. The Morgan fingerprint density at radius 2 is 2.10 bits per heavy atom. The number of hydrogen-bond donors (Lipinski definition) is 1. The molecule has 0 saturated carbocycles. The first-order valence-electron chi connectivity index (χ1n) is 7.21. The molecule has 1 aromatic rings. The van der Waals surface area contributed by atoms with Crippen LogP contribution >= 0.6 is 15.9 Å². The fraction of sp³-hybridized carbons (Fsp3) is 0.600. The number of fused-ring (bicyclic) bond motifs is 1. The van der Waals surface area contributed by atoms with Crippen LogP contribution in [-0.2, 0) is 4.74 Å². The van der Waals surface area contributed by atoms with E-state index in [1.54, 1.807) is 0 Å². The Labute approximate surface area is 127 Å². The Morgan fingerprint density at radius 3 is 2.95 bits per heavy atom. The van der Waals surface area contributed by atoms with Crippen LogP contribution in [0.3, 0.4) is 0 Å². The van der Waals surface area contributed by atoms with E-state index in [0.717, 1.165) is 42.1 Å². The average Bonchev–Trinajstić information content (AvgIpc) is 2.93. The molecule has 0 bridgehead atoms. The van der Waals surface area contributed by atoms with Crippen LogP contribution in [0.5, 0.6) is 11.5 Å². The standard InChI is InChI=1S/C15H20BrNO3/c1-2-17-9-10-3-4-19-14(10)11-7-12(16)15-13(8-11)18-5-6-20-15/h7-8,10,14,17H,2-6,9H2,1H3. The van der Waals surface area contributed by atoms with Gasteiger partial charge in [-0.3, -0.25) is 0 Å². The molecule has 20 heavy (non-hydrogen) atoms. The lowest BCUT2D eigenvalue weighted by molar-refractivity contribution is 0.0897. The van der Waals surface area contributed by atoms with E-state index in [9.17, 15) is 0 Å². The number of ether oxygens (including phenoxy) is 3. The summed E-state index contributed by atoms with van der Waals surface area (Å²) in [4.78, 5) is 0. The van der Waals surface area contributed by atoms with Gasteiger partial charge in [-0.1, -0.05) is 6.92 Å². The topological polar surface area (TPSA) is 39.7 Å². The van der Waals surface area contributed by atoms with Gasteiger partial charge in [0, 0.05) is 19.1 Å². The minimum atomic E-state index is 0.140. The van der Waals surface area contributed by atoms with Gasteiger partial charge in [0.25, 0.3) is 0 Å². The lowest BCUT2D eigenvalue weighted by Gasteiger charge is -2.24. The molecule has 2 aliphatic heterocycles. The number of rotatable bonds is 4. The Bertz CT molecular complexity index is 480. The van der Waals surface area contributed by atoms with E-state index in [-0.39, 0.29) is 6.10 Å². The van der Waals surface area contributed by atoms with Crippen LogP contribution in [0.15, 0.2) is 16.6 Å². The van der Waals surface area contributed by atoms with Gasteiger partial charge >= 0.3 is 0 Å². The highest BCUT2D eigenvalue weighted by molar-refractivity contribution is 9.10. The zero-order valence-electron chi connectivity index (χ0n) is 11.7. The molecule has 1 N–H and O–H groups in total. The zero-order chi connectivity index (χ0) is 13.9. The minimum Gasteiger partial charge on any atom is -0.486 e. The van der Waals surface area contributed by atoms with E-state index >= 15 is 0 Å². The molecule has 2 heterocycles. The number of halogens is 1. The molecule has 0 radical (unpaired) electrons. The summed E-state index contributed by atoms with van der Waals surface area (Å²) in [7, 11) is 0. The van der Waals surface area contributed by atoms with Crippen molar-refractivity contribution < 1.29 is 14.2 Å². The largest absolute Gasteiger partial charge is 0.486 e. The minimum absolute atomic E-state index is 0.140. The monoisotopic (exact) mass is 341 g/mol. The van der Waals surface area contributed by atoms with E-state index in [0.29, 0.717) is 19.1 Å². The van der Waals surface area contributed by atoms with E-state index < -0.39 is 0 Å². The smallest absolute Gasteiger partial charge is 0.175 e. The number of hydrogen-bond acceptors (Lipinski definition) is 4. The van der Waals surface area contributed by atoms with Crippen molar-refractivity contribution in [2.24, 2.45) is 5.92 Å². The van der Waals surface area contributed by atoms with Crippen molar-refractivity contribution in [2.45, 2.75) is 19.4 Å². The molecule has 0 aliphatic carbocycles. The third-order valence-corrected chi connectivity index (χ3v) is 4.41. The van der Waals surface area contributed by atoms with Gasteiger partial charge in [-0.2, -0.15) is 0 Å². The fourth-order valence-corrected chi connectivity index (χ4v) is 3.41. The maximum Gasteiger partial charge on any atom is 0.175 e. The lowest BCUT2D eigenvalue weighted by atomic mass is 9.95. The van der Waals surface area contributed by atoms with Gasteiger partial charge in [0.05, 0.1) is 10.6 Å². The second-order valence-corrected chi connectivity index (χ2v) is 6.03. The second-order valence-electron chi connectivity index (χ2n) is 5.17. The van der Waals surface area contributed by atoms with Crippen LogP contribution in [0.1, 0.15) is 25.0 Å². The fourth-order valence-electron chi connectivity index (χ4n) is 2.84. The molecule has 2 atom stereocenters. The van der Waals surface area contributed by atoms with Crippen molar-refractivity contribution in [3.8, 4) is 11.5 Å². The van der Waals surface area contributed by atoms with Crippen molar-refractivity contribution in [1.82, 2.24) is 5.32 Å². The molecule has 0 aromatic heterocycles. The van der Waals surface area contributed by atoms with E-state index in [1.807, 2.05) is 0 Å². The summed E-state index contributed by atoms with van der Waals surface area (Å²) in [5.74, 6) is 2.14. The molecule has 4 nitrogen and oxygen atoms in total. The first-order chi connectivity index (χ1) is 9.79. The van der Waals surface area contributed by atoms with E-state index in [4.69, 9.17) is 14.2 Å². The summed E-state index contributed by atoms with van der Waals surface area (Å²) >= 11 is 3.58. The molecule has 0 amide bonds. The highest BCUT2D eigenvalue weighted by Gasteiger charge is 2.31. The Hall–Kier alpha value is -0.780. The van der Waals surface area contributed by atoms with Crippen LogP contribution in [0, 0.1) is 5.92 Å². The SMILES string of the molecule is CCNCC1CCOC1c1cc(Br)c2c(c1)OCCO2. The normalized spacial score (nSPS) is 24.9. The van der Waals surface area contributed by atoms with Gasteiger partial charge in [-0.15, -0.1) is 0 Å². The third-order valence-electron chi connectivity index (χ3n) is 3.82. The molecule has 1 aromatic carbocycles. The van der Waals surface area contributed by atoms with Crippen molar-refractivity contribution in [3.63, 3.8) is 0 Å². The molecule has 2 aliphatic rings. The summed E-state index contributed by atoms with van der Waals surface area (Å²) in [6.07, 6.45) is 1.24. The van der Waals surface area contributed by atoms with Crippen molar-refractivity contribution in [2.75, 3.05) is 32.9 Å². The average molecular weight is 342 g/mol. The summed E-state index contributed by atoms with van der Waals surface area (Å²) in [6.45, 7) is 6.16. The van der Waals surface area contributed by atoms with Gasteiger partial charge in [0.2, 0.25) is 0 Å². The summed E-state index contributed by atoms with van der Waals surface area (Å²) < 4.78 is 18.2. The van der Waals surface area contributed by atoms with Gasteiger partial charge in [-0.25, -0.2) is 0 Å². The molecule has 1 saturated heterocycles. The van der Waals surface area contributed by atoms with Crippen LogP contribution in [-0.4, -0.2) is 32.9 Å².